The number of carbonyl (C=O) groups excluding carboxylic acids is 1. The Balaban J connectivity index is 2.13. The number of carboxylic acid groups (broad SMARTS) is 1. The van der Waals surface area contributed by atoms with Crippen LogP contribution in [0, 0.1) is 0 Å². The van der Waals surface area contributed by atoms with Gasteiger partial charge in [0.15, 0.2) is 0 Å². The van der Waals surface area contributed by atoms with Crippen LogP contribution in [0.1, 0.15) is 29.6 Å². The number of carboxylic acids is 1. The summed E-state index contributed by atoms with van der Waals surface area (Å²) in [6.07, 6.45) is 2.20. The third-order valence-corrected chi connectivity index (χ3v) is 3.18. The molecule has 6 heteroatoms. The molecule has 1 fully saturated rings. The van der Waals surface area contributed by atoms with E-state index in [0.29, 0.717) is 18.5 Å². The lowest BCUT2D eigenvalue weighted by molar-refractivity contribution is -0.123. The number of nitrogens with one attached hydrogen (secondary N) is 1. The number of carbonyl (C=O) groups is 2. The summed E-state index contributed by atoms with van der Waals surface area (Å²) in [5, 5.41) is 20.8. The van der Waals surface area contributed by atoms with Crippen LogP contribution in [0.4, 0.5) is 5.69 Å². The maximum atomic E-state index is 11.8. The number of phenols is 1. The van der Waals surface area contributed by atoms with E-state index in [0.717, 1.165) is 6.42 Å². The molecular weight excluding hydrogens is 236 g/mol. The van der Waals surface area contributed by atoms with Crippen LogP contribution in [-0.4, -0.2) is 27.6 Å². The molecule has 1 aromatic carbocycles. The van der Waals surface area contributed by atoms with Crippen LogP contribution in [-0.2, 0) is 4.79 Å². The van der Waals surface area contributed by atoms with Crippen LogP contribution in [0.25, 0.3) is 0 Å². The summed E-state index contributed by atoms with van der Waals surface area (Å²) >= 11 is 0. The summed E-state index contributed by atoms with van der Waals surface area (Å²) in [5.74, 6) is -1.92. The van der Waals surface area contributed by atoms with Crippen molar-refractivity contribution in [2.24, 2.45) is 5.73 Å². The standard InChI is InChI=1S/C12H14N2O4/c13-12(4-1-5-12)11(18)14-7-2-3-8(10(16)17)9(15)6-7/h2-3,6,15H,1,4-5,13H2,(H,14,18)(H,16,17). The first-order valence-electron chi connectivity index (χ1n) is 5.59. The van der Waals surface area contributed by atoms with Gasteiger partial charge in [0.2, 0.25) is 5.91 Å². The largest absolute Gasteiger partial charge is 0.507 e. The monoisotopic (exact) mass is 250 g/mol. The molecule has 1 aromatic rings. The average Bonchev–Trinajstić information content (AvgIpc) is 2.25. The summed E-state index contributed by atoms with van der Waals surface area (Å²) in [6.45, 7) is 0. The Morgan fingerprint density at radius 1 is 1.33 bits per heavy atom. The van der Waals surface area contributed by atoms with E-state index >= 15 is 0 Å². The Bertz CT molecular complexity index is 509. The third kappa shape index (κ3) is 2.14. The lowest BCUT2D eigenvalue weighted by atomic mass is 9.77. The fraction of sp³-hybridized carbons (Fsp3) is 0.333. The van der Waals surface area contributed by atoms with Crippen molar-refractivity contribution in [1.82, 2.24) is 0 Å². The van der Waals surface area contributed by atoms with Crippen molar-refractivity contribution in [2.75, 3.05) is 5.32 Å². The number of amides is 1. The van der Waals surface area contributed by atoms with Gasteiger partial charge < -0.3 is 21.3 Å². The molecular formula is C12H14N2O4. The summed E-state index contributed by atoms with van der Waals surface area (Å²) in [5.41, 5.74) is 5.13. The molecule has 6 nitrogen and oxygen atoms in total. The molecule has 0 aliphatic heterocycles. The lowest BCUT2D eigenvalue weighted by Crippen LogP contribution is -2.56. The van der Waals surface area contributed by atoms with E-state index < -0.39 is 11.5 Å². The minimum atomic E-state index is -1.22. The summed E-state index contributed by atoms with van der Waals surface area (Å²) < 4.78 is 0. The van der Waals surface area contributed by atoms with Gasteiger partial charge in [0.05, 0.1) is 5.54 Å². The lowest BCUT2D eigenvalue weighted by Gasteiger charge is -2.36. The van der Waals surface area contributed by atoms with Crippen molar-refractivity contribution in [3.63, 3.8) is 0 Å². The van der Waals surface area contributed by atoms with Crippen molar-refractivity contribution in [1.29, 1.82) is 0 Å². The zero-order chi connectivity index (χ0) is 13.3. The summed E-state index contributed by atoms with van der Waals surface area (Å²) in [6, 6.07) is 3.85. The van der Waals surface area contributed by atoms with Gasteiger partial charge >= 0.3 is 5.97 Å². The molecule has 1 amide bonds. The normalized spacial score (nSPS) is 16.7. The second-order valence-electron chi connectivity index (χ2n) is 4.50. The molecule has 1 aliphatic rings. The maximum Gasteiger partial charge on any atom is 0.339 e. The van der Waals surface area contributed by atoms with Gasteiger partial charge in [-0.3, -0.25) is 4.79 Å². The smallest absolute Gasteiger partial charge is 0.339 e. The first-order valence-corrected chi connectivity index (χ1v) is 5.59. The Labute approximate surface area is 103 Å². The quantitative estimate of drug-likeness (QED) is 0.637. The number of hydrogen-bond acceptors (Lipinski definition) is 4. The second-order valence-corrected chi connectivity index (χ2v) is 4.50. The number of rotatable bonds is 3. The zero-order valence-corrected chi connectivity index (χ0v) is 9.64. The number of anilines is 1. The van der Waals surface area contributed by atoms with Crippen LogP contribution in [0.3, 0.4) is 0 Å². The zero-order valence-electron chi connectivity index (χ0n) is 9.64. The fourth-order valence-electron chi connectivity index (χ4n) is 1.83. The molecule has 0 bridgehead atoms. The van der Waals surface area contributed by atoms with E-state index in [-0.39, 0.29) is 17.2 Å². The molecule has 0 heterocycles. The molecule has 0 aromatic heterocycles. The SMILES string of the molecule is NC1(C(=O)Nc2ccc(C(=O)O)c(O)c2)CCC1. The van der Waals surface area contributed by atoms with E-state index in [1.165, 1.54) is 18.2 Å². The molecule has 1 aliphatic carbocycles. The predicted molar refractivity (Wildman–Crippen MR) is 64.5 cm³/mol. The molecule has 18 heavy (non-hydrogen) atoms. The van der Waals surface area contributed by atoms with E-state index in [4.69, 9.17) is 10.8 Å². The van der Waals surface area contributed by atoms with Crippen LogP contribution >= 0.6 is 0 Å². The van der Waals surface area contributed by atoms with E-state index in [1.54, 1.807) is 0 Å². The highest BCUT2D eigenvalue weighted by Gasteiger charge is 2.40. The van der Waals surface area contributed by atoms with Crippen LogP contribution < -0.4 is 11.1 Å². The van der Waals surface area contributed by atoms with E-state index in [2.05, 4.69) is 5.32 Å². The molecule has 96 valence electrons. The highest BCUT2D eigenvalue weighted by Crippen LogP contribution is 2.31. The van der Waals surface area contributed by atoms with Gasteiger partial charge in [0.1, 0.15) is 11.3 Å². The molecule has 0 saturated heterocycles. The first-order chi connectivity index (χ1) is 8.42. The van der Waals surface area contributed by atoms with Gasteiger partial charge in [-0.05, 0) is 31.4 Å². The molecule has 5 N–H and O–H groups in total. The summed E-state index contributed by atoms with van der Waals surface area (Å²) in [4.78, 5) is 22.5. The Hall–Kier alpha value is -2.08. The summed E-state index contributed by atoms with van der Waals surface area (Å²) in [7, 11) is 0. The Kier molecular flexibility index (Phi) is 2.96. The topological polar surface area (TPSA) is 113 Å². The number of aromatic carboxylic acids is 1. The highest BCUT2D eigenvalue weighted by molar-refractivity contribution is 5.99. The molecule has 2 rings (SSSR count). The molecule has 0 unspecified atom stereocenters. The van der Waals surface area contributed by atoms with Gasteiger partial charge in [-0.15, -0.1) is 0 Å². The Morgan fingerprint density at radius 3 is 2.44 bits per heavy atom. The predicted octanol–water partition coefficient (Wildman–Crippen LogP) is 0.910. The van der Waals surface area contributed by atoms with E-state index in [9.17, 15) is 14.7 Å². The molecule has 0 radical (unpaired) electrons. The molecule has 0 atom stereocenters. The van der Waals surface area contributed by atoms with Crippen LogP contribution in [0.15, 0.2) is 18.2 Å². The van der Waals surface area contributed by atoms with Crippen LogP contribution in [0.2, 0.25) is 0 Å². The molecule has 1 saturated carbocycles. The van der Waals surface area contributed by atoms with Gasteiger partial charge in [0, 0.05) is 11.8 Å². The number of nitrogens with two attached hydrogens (primary N) is 1. The van der Waals surface area contributed by atoms with Crippen molar-refractivity contribution in [3.8, 4) is 5.75 Å². The van der Waals surface area contributed by atoms with Crippen molar-refractivity contribution < 1.29 is 19.8 Å². The molecule has 0 spiro atoms. The van der Waals surface area contributed by atoms with Crippen molar-refractivity contribution in [3.05, 3.63) is 23.8 Å². The number of hydrogen-bond donors (Lipinski definition) is 4. The van der Waals surface area contributed by atoms with Crippen LogP contribution in [0.5, 0.6) is 5.75 Å². The minimum Gasteiger partial charge on any atom is -0.507 e. The van der Waals surface area contributed by atoms with Gasteiger partial charge in [-0.2, -0.15) is 0 Å². The van der Waals surface area contributed by atoms with Crippen molar-refractivity contribution >= 4 is 17.6 Å². The maximum absolute atomic E-state index is 11.8. The average molecular weight is 250 g/mol. The fourth-order valence-corrected chi connectivity index (χ4v) is 1.83. The van der Waals surface area contributed by atoms with Gasteiger partial charge in [-0.25, -0.2) is 4.79 Å². The van der Waals surface area contributed by atoms with Gasteiger partial charge in [0.25, 0.3) is 0 Å². The third-order valence-electron chi connectivity index (χ3n) is 3.18. The van der Waals surface area contributed by atoms with E-state index in [1.807, 2.05) is 0 Å². The van der Waals surface area contributed by atoms with Gasteiger partial charge in [-0.1, -0.05) is 0 Å². The van der Waals surface area contributed by atoms with Crippen molar-refractivity contribution in [2.45, 2.75) is 24.8 Å². The Morgan fingerprint density at radius 2 is 2.00 bits per heavy atom. The highest BCUT2D eigenvalue weighted by atomic mass is 16.4. The second kappa shape index (κ2) is 4.30. The number of benzene rings is 1. The number of aromatic hydroxyl groups is 1. The minimum absolute atomic E-state index is 0.209. The first kappa shape index (κ1) is 12.4.